The number of benzene rings is 1. The SMILES string of the molecule is COc1ccc(C(=O)Cn2cnc3sc(C(=O)OC(C)C)c(C)c3c2=O)c(OC)c1. The lowest BCUT2D eigenvalue weighted by Crippen LogP contribution is -2.25. The van der Waals surface area contributed by atoms with Crippen molar-refractivity contribution in [3.05, 3.63) is 50.9 Å². The third kappa shape index (κ3) is 4.06. The summed E-state index contributed by atoms with van der Waals surface area (Å²) >= 11 is 1.10. The first kappa shape index (κ1) is 21.5. The molecule has 0 spiro atoms. The average molecular weight is 430 g/mol. The Morgan fingerprint density at radius 3 is 2.57 bits per heavy atom. The van der Waals surface area contributed by atoms with Crippen LogP contribution in [0.1, 0.15) is 39.4 Å². The van der Waals surface area contributed by atoms with E-state index < -0.39 is 11.5 Å². The molecular formula is C21H22N2O6S. The molecule has 3 rings (SSSR count). The number of ether oxygens (including phenoxy) is 3. The number of carbonyl (C=O) groups is 2. The van der Waals surface area contributed by atoms with E-state index in [1.54, 1.807) is 39.0 Å². The highest BCUT2D eigenvalue weighted by Gasteiger charge is 2.22. The Balaban J connectivity index is 1.97. The molecule has 0 radical (unpaired) electrons. The molecule has 0 saturated carbocycles. The summed E-state index contributed by atoms with van der Waals surface area (Å²) in [6.07, 6.45) is 1.04. The van der Waals surface area contributed by atoms with Crippen LogP contribution in [0.5, 0.6) is 11.5 Å². The molecule has 1 aromatic carbocycles. The van der Waals surface area contributed by atoms with E-state index in [0.717, 1.165) is 11.3 Å². The maximum absolute atomic E-state index is 13.0. The number of methoxy groups -OCH3 is 2. The van der Waals surface area contributed by atoms with Gasteiger partial charge in [0.15, 0.2) is 5.78 Å². The topological polar surface area (TPSA) is 96.7 Å². The highest BCUT2D eigenvalue weighted by Crippen LogP contribution is 2.28. The van der Waals surface area contributed by atoms with Crippen molar-refractivity contribution >= 4 is 33.3 Å². The van der Waals surface area contributed by atoms with Gasteiger partial charge in [0.25, 0.3) is 5.56 Å². The van der Waals surface area contributed by atoms with E-state index in [1.807, 2.05) is 0 Å². The molecule has 9 heteroatoms. The van der Waals surface area contributed by atoms with E-state index >= 15 is 0 Å². The van der Waals surface area contributed by atoms with Crippen molar-refractivity contribution in [1.29, 1.82) is 0 Å². The summed E-state index contributed by atoms with van der Waals surface area (Å²) in [6, 6.07) is 4.84. The zero-order valence-electron chi connectivity index (χ0n) is 17.3. The molecule has 0 fully saturated rings. The minimum absolute atomic E-state index is 0.217. The Labute approximate surface area is 177 Å². The van der Waals surface area contributed by atoms with Crippen molar-refractivity contribution in [2.45, 2.75) is 33.4 Å². The van der Waals surface area contributed by atoms with Gasteiger partial charge in [-0.2, -0.15) is 0 Å². The van der Waals surface area contributed by atoms with Gasteiger partial charge in [-0.3, -0.25) is 14.2 Å². The van der Waals surface area contributed by atoms with Gasteiger partial charge < -0.3 is 14.2 Å². The second-order valence-corrected chi connectivity index (χ2v) is 7.86. The number of esters is 1. The molecule has 0 atom stereocenters. The lowest BCUT2D eigenvalue weighted by molar-refractivity contribution is 0.0383. The van der Waals surface area contributed by atoms with Crippen LogP contribution in [0, 0.1) is 6.92 Å². The van der Waals surface area contributed by atoms with E-state index in [1.165, 1.54) is 25.1 Å². The highest BCUT2D eigenvalue weighted by atomic mass is 32.1. The van der Waals surface area contributed by atoms with E-state index in [0.29, 0.717) is 37.7 Å². The van der Waals surface area contributed by atoms with Crippen molar-refractivity contribution in [3.8, 4) is 11.5 Å². The quantitative estimate of drug-likeness (QED) is 0.419. The van der Waals surface area contributed by atoms with Gasteiger partial charge in [-0.15, -0.1) is 11.3 Å². The van der Waals surface area contributed by atoms with Crippen LogP contribution in [-0.2, 0) is 11.3 Å². The first-order valence-electron chi connectivity index (χ1n) is 9.21. The van der Waals surface area contributed by atoms with Crippen LogP contribution in [-0.4, -0.2) is 41.6 Å². The maximum atomic E-state index is 13.0. The van der Waals surface area contributed by atoms with Crippen molar-refractivity contribution in [1.82, 2.24) is 9.55 Å². The maximum Gasteiger partial charge on any atom is 0.348 e. The molecule has 0 aliphatic heterocycles. The average Bonchev–Trinajstić information content (AvgIpc) is 3.06. The fourth-order valence-corrected chi connectivity index (χ4v) is 4.03. The Morgan fingerprint density at radius 1 is 1.20 bits per heavy atom. The predicted octanol–water partition coefficient (Wildman–Crippen LogP) is 3.23. The summed E-state index contributed by atoms with van der Waals surface area (Å²) < 4.78 is 16.9. The number of hydrogen-bond acceptors (Lipinski definition) is 8. The number of thiophene rings is 1. The first-order chi connectivity index (χ1) is 14.3. The second-order valence-electron chi connectivity index (χ2n) is 6.86. The molecule has 2 heterocycles. The Bertz CT molecular complexity index is 1180. The molecule has 0 bridgehead atoms. The third-order valence-corrected chi connectivity index (χ3v) is 5.65. The third-order valence-electron chi connectivity index (χ3n) is 4.47. The van der Waals surface area contributed by atoms with Gasteiger partial charge in [0.1, 0.15) is 21.2 Å². The molecule has 30 heavy (non-hydrogen) atoms. The van der Waals surface area contributed by atoms with Gasteiger partial charge in [0.2, 0.25) is 0 Å². The number of aryl methyl sites for hydroxylation is 1. The predicted molar refractivity (Wildman–Crippen MR) is 113 cm³/mol. The number of ketones is 1. The lowest BCUT2D eigenvalue weighted by atomic mass is 10.1. The molecule has 0 aliphatic rings. The summed E-state index contributed by atoms with van der Waals surface area (Å²) in [5, 5.41) is 0.313. The molecule has 0 saturated heterocycles. The summed E-state index contributed by atoms with van der Waals surface area (Å²) in [4.78, 5) is 43.2. The zero-order valence-corrected chi connectivity index (χ0v) is 18.2. The minimum Gasteiger partial charge on any atom is -0.497 e. The second kappa shape index (κ2) is 8.66. The molecule has 0 N–H and O–H groups in total. The van der Waals surface area contributed by atoms with E-state index in [-0.39, 0.29) is 18.4 Å². The molecule has 3 aromatic rings. The summed E-state index contributed by atoms with van der Waals surface area (Å²) in [6.45, 7) is 4.97. The number of hydrogen-bond donors (Lipinski definition) is 0. The van der Waals surface area contributed by atoms with Crippen molar-refractivity contribution in [2.75, 3.05) is 14.2 Å². The van der Waals surface area contributed by atoms with Crippen LogP contribution >= 0.6 is 11.3 Å². The van der Waals surface area contributed by atoms with Crippen LogP contribution in [0.3, 0.4) is 0 Å². The van der Waals surface area contributed by atoms with Gasteiger partial charge >= 0.3 is 5.97 Å². The Morgan fingerprint density at radius 2 is 1.93 bits per heavy atom. The monoisotopic (exact) mass is 430 g/mol. The van der Waals surface area contributed by atoms with Crippen molar-refractivity contribution < 1.29 is 23.8 Å². The molecule has 8 nitrogen and oxygen atoms in total. The smallest absolute Gasteiger partial charge is 0.348 e. The van der Waals surface area contributed by atoms with E-state index in [2.05, 4.69) is 4.98 Å². The molecule has 2 aromatic heterocycles. The fraction of sp³-hybridized carbons (Fsp3) is 0.333. The molecule has 0 aliphatic carbocycles. The van der Waals surface area contributed by atoms with Crippen molar-refractivity contribution in [2.24, 2.45) is 0 Å². The van der Waals surface area contributed by atoms with Crippen LogP contribution in [0.4, 0.5) is 0 Å². The first-order valence-corrected chi connectivity index (χ1v) is 10.0. The van der Waals surface area contributed by atoms with Crippen LogP contribution in [0.25, 0.3) is 10.2 Å². The standard InChI is InChI=1S/C21H22N2O6S/c1-11(2)29-21(26)18-12(3)17-19(30-18)22-10-23(20(17)25)9-15(24)14-7-6-13(27-4)8-16(14)28-5/h6-8,10-11H,9H2,1-5H3. The number of fused-ring (bicyclic) bond motifs is 1. The normalized spacial score (nSPS) is 11.0. The molecule has 0 amide bonds. The zero-order chi connectivity index (χ0) is 22.0. The number of carbonyl (C=O) groups excluding carboxylic acids is 2. The summed E-state index contributed by atoms with van der Waals surface area (Å²) in [5.74, 6) is 0.103. The molecule has 0 unspecified atom stereocenters. The largest absolute Gasteiger partial charge is 0.497 e. The van der Waals surface area contributed by atoms with Gasteiger partial charge in [-0.25, -0.2) is 9.78 Å². The highest BCUT2D eigenvalue weighted by molar-refractivity contribution is 7.20. The Kier molecular flexibility index (Phi) is 6.21. The number of rotatable bonds is 7. The lowest BCUT2D eigenvalue weighted by Gasteiger charge is -2.10. The van der Waals surface area contributed by atoms with Crippen LogP contribution in [0.2, 0.25) is 0 Å². The fourth-order valence-electron chi connectivity index (χ4n) is 3.00. The molecule has 158 valence electrons. The van der Waals surface area contributed by atoms with E-state index in [4.69, 9.17) is 14.2 Å². The van der Waals surface area contributed by atoms with Gasteiger partial charge in [-0.05, 0) is 38.5 Å². The van der Waals surface area contributed by atoms with Crippen LogP contribution in [0.15, 0.2) is 29.3 Å². The van der Waals surface area contributed by atoms with Gasteiger partial charge in [0, 0.05) is 6.07 Å². The Hall–Kier alpha value is -3.20. The number of nitrogens with zero attached hydrogens (tertiary/aromatic N) is 2. The van der Waals surface area contributed by atoms with Gasteiger partial charge in [0.05, 0.1) is 44.1 Å². The van der Waals surface area contributed by atoms with Crippen LogP contribution < -0.4 is 15.0 Å². The van der Waals surface area contributed by atoms with E-state index in [9.17, 15) is 14.4 Å². The summed E-state index contributed by atoms with van der Waals surface area (Å²) in [7, 11) is 2.98. The van der Waals surface area contributed by atoms with Crippen molar-refractivity contribution in [3.63, 3.8) is 0 Å². The number of aromatic nitrogens is 2. The van der Waals surface area contributed by atoms with Gasteiger partial charge in [-0.1, -0.05) is 0 Å². The summed E-state index contributed by atoms with van der Waals surface area (Å²) in [5.41, 5.74) is 0.439. The minimum atomic E-state index is -0.490. The number of Topliss-reactive ketones (excluding diaryl/α,β-unsaturated/α-hetero) is 1. The molecular weight excluding hydrogens is 408 g/mol.